The third-order valence-electron chi connectivity index (χ3n) is 2.09. The van der Waals surface area contributed by atoms with Crippen molar-refractivity contribution in [2.45, 2.75) is 0 Å². The summed E-state index contributed by atoms with van der Waals surface area (Å²) in [7, 11) is 0. The summed E-state index contributed by atoms with van der Waals surface area (Å²) < 4.78 is 0. The molecule has 0 aromatic heterocycles. The monoisotopic (exact) mass is 219 g/mol. The van der Waals surface area contributed by atoms with Crippen LogP contribution in [0.1, 0.15) is 5.56 Å². The third kappa shape index (κ3) is 1.81. The number of carbonyl (C=O) groups excluding carboxylic acids is 2. The topological polar surface area (TPSA) is 104 Å². The first-order valence-electron chi connectivity index (χ1n) is 4.49. The Morgan fingerprint density at radius 1 is 1.25 bits per heavy atom. The van der Waals surface area contributed by atoms with Crippen molar-refractivity contribution >= 4 is 23.7 Å². The fourth-order valence-corrected chi connectivity index (χ4v) is 1.33. The number of aromatic hydroxyl groups is 1. The molecule has 1 heterocycles. The highest BCUT2D eigenvalue weighted by Gasteiger charge is 2.22. The van der Waals surface area contributed by atoms with Gasteiger partial charge in [0.25, 0.3) is 5.91 Å². The van der Waals surface area contributed by atoms with Crippen LogP contribution in [-0.2, 0) is 4.79 Å². The van der Waals surface area contributed by atoms with E-state index in [1.165, 1.54) is 18.2 Å². The van der Waals surface area contributed by atoms with Gasteiger partial charge < -0.3 is 16.2 Å². The summed E-state index contributed by atoms with van der Waals surface area (Å²) in [6.45, 7) is 0. The molecule has 16 heavy (non-hydrogen) atoms. The molecule has 2 rings (SSSR count). The van der Waals surface area contributed by atoms with Gasteiger partial charge in [0.1, 0.15) is 11.4 Å². The van der Waals surface area contributed by atoms with Crippen molar-refractivity contribution in [3.05, 3.63) is 29.5 Å². The number of benzene rings is 1. The van der Waals surface area contributed by atoms with Gasteiger partial charge in [-0.05, 0) is 23.8 Å². The number of amides is 3. The van der Waals surface area contributed by atoms with Gasteiger partial charge in [-0.1, -0.05) is 0 Å². The highest BCUT2D eigenvalue weighted by atomic mass is 16.3. The lowest BCUT2D eigenvalue weighted by Gasteiger charge is -2.01. The van der Waals surface area contributed by atoms with Crippen LogP contribution in [0.15, 0.2) is 23.9 Å². The number of imide groups is 1. The van der Waals surface area contributed by atoms with E-state index in [1.54, 1.807) is 6.07 Å². The molecule has 0 atom stereocenters. The molecular formula is C10H9N3O3. The van der Waals surface area contributed by atoms with Gasteiger partial charge in [0.15, 0.2) is 0 Å². The molecule has 0 unspecified atom stereocenters. The van der Waals surface area contributed by atoms with Crippen LogP contribution < -0.4 is 16.4 Å². The van der Waals surface area contributed by atoms with Crippen molar-refractivity contribution in [1.82, 2.24) is 10.6 Å². The second-order valence-corrected chi connectivity index (χ2v) is 3.28. The molecule has 6 nitrogen and oxygen atoms in total. The van der Waals surface area contributed by atoms with Crippen LogP contribution in [0.3, 0.4) is 0 Å². The minimum Gasteiger partial charge on any atom is -0.508 e. The van der Waals surface area contributed by atoms with Gasteiger partial charge in [0.05, 0.1) is 0 Å². The zero-order valence-electron chi connectivity index (χ0n) is 8.15. The summed E-state index contributed by atoms with van der Waals surface area (Å²) in [6.07, 6.45) is 1.44. The van der Waals surface area contributed by atoms with Crippen LogP contribution in [0.2, 0.25) is 0 Å². The number of phenolic OH excluding ortho intramolecular Hbond substituents is 1. The fraction of sp³-hybridized carbons (Fsp3) is 0. The minimum atomic E-state index is -0.561. The Balaban J connectivity index is 2.36. The highest BCUT2D eigenvalue weighted by Crippen LogP contribution is 2.21. The number of hydrogen-bond donors (Lipinski definition) is 4. The van der Waals surface area contributed by atoms with Crippen LogP contribution in [-0.4, -0.2) is 17.0 Å². The molecule has 1 aromatic carbocycles. The lowest BCUT2D eigenvalue weighted by Crippen LogP contribution is -2.22. The van der Waals surface area contributed by atoms with Gasteiger partial charge >= 0.3 is 6.03 Å². The molecule has 1 saturated heterocycles. The summed E-state index contributed by atoms with van der Waals surface area (Å²) >= 11 is 0. The zero-order valence-corrected chi connectivity index (χ0v) is 8.15. The van der Waals surface area contributed by atoms with Crippen LogP contribution in [0.5, 0.6) is 5.75 Å². The molecule has 3 amide bonds. The standard InChI is InChI=1S/C10H9N3O3/c11-7-4-6(14)2-1-5(7)3-8-9(15)13-10(16)12-8/h1-4,14H,11H2,(H2,12,13,15,16)/b8-3+. The van der Waals surface area contributed by atoms with E-state index >= 15 is 0 Å². The molecular weight excluding hydrogens is 210 g/mol. The van der Waals surface area contributed by atoms with Gasteiger partial charge in [-0.3, -0.25) is 10.1 Å². The predicted octanol–water partition coefficient (Wildman–Crippen LogP) is 0.155. The second-order valence-electron chi connectivity index (χ2n) is 3.28. The Morgan fingerprint density at radius 2 is 2.00 bits per heavy atom. The average molecular weight is 219 g/mol. The maximum atomic E-state index is 11.2. The van der Waals surface area contributed by atoms with Crippen molar-refractivity contribution in [1.29, 1.82) is 0 Å². The number of nitrogens with one attached hydrogen (secondary N) is 2. The van der Waals surface area contributed by atoms with Gasteiger partial charge in [0, 0.05) is 11.8 Å². The molecule has 1 aromatic rings. The fourth-order valence-electron chi connectivity index (χ4n) is 1.33. The minimum absolute atomic E-state index is 0.0413. The normalized spacial score (nSPS) is 17.4. The van der Waals surface area contributed by atoms with Crippen LogP contribution in [0.4, 0.5) is 10.5 Å². The molecule has 1 aliphatic heterocycles. The van der Waals surface area contributed by atoms with Crippen LogP contribution in [0, 0.1) is 0 Å². The molecule has 0 radical (unpaired) electrons. The van der Waals surface area contributed by atoms with Crippen molar-refractivity contribution in [2.75, 3.05) is 5.73 Å². The predicted molar refractivity (Wildman–Crippen MR) is 57.2 cm³/mol. The van der Waals surface area contributed by atoms with E-state index in [-0.39, 0.29) is 11.4 Å². The summed E-state index contributed by atoms with van der Waals surface area (Å²) in [5.74, 6) is -0.461. The van der Waals surface area contributed by atoms with Gasteiger partial charge in [-0.15, -0.1) is 0 Å². The summed E-state index contributed by atoms with van der Waals surface area (Å²) in [4.78, 5) is 22.1. The summed E-state index contributed by atoms with van der Waals surface area (Å²) in [5, 5.41) is 13.6. The lowest BCUT2D eigenvalue weighted by molar-refractivity contribution is -0.115. The number of carbonyl (C=O) groups is 2. The Hall–Kier alpha value is -2.50. The number of anilines is 1. The number of rotatable bonds is 1. The number of phenols is 1. The molecule has 5 N–H and O–H groups in total. The molecule has 0 aliphatic carbocycles. The van der Waals surface area contributed by atoms with Crippen LogP contribution in [0.25, 0.3) is 6.08 Å². The van der Waals surface area contributed by atoms with Crippen molar-refractivity contribution in [2.24, 2.45) is 0 Å². The van der Waals surface area contributed by atoms with Gasteiger partial charge in [-0.25, -0.2) is 4.79 Å². The first-order valence-corrected chi connectivity index (χ1v) is 4.49. The number of nitrogens with two attached hydrogens (primary N) is 1. The zero-order chi connectivity index (χ0) is 11.7. The molecule has 0 saturated carbocycles. The maximum absolute atomic E-state index is 11.2. The average Bonchev–Trinajstić information content (AvgIpc) is 2.50. The molecule has 82 valence electrons. The van der Waals surface area contributed by atoms with Gasteiger partial charge in [-0.2, -0.15) is 0 Å². The third-order valence-corrected chi connectivity index (χ3v) is 2.09. The number of urea groups is 1. The number of nitrogen functional groups attached to an aromatic ring is 1. The first-order chi connectivity index (χ1) is 7.56. The van der Waals surface area contributed by atoms with Crippen molar-refractivity contribution in [3.63, 3.8) is 0 Å². The van der Waals surface area contributed by atoms with E-state index in [9.17, 15) is 9.59 Å². The van der Waals surface area contributed by atoms with Gasteiger partial charge in [0.2, 0.25) is 0 Å². The van der Waals surface area contributed by atoms with E-state index in [4.69, 9.17) is 10.8 Å². The Kier molecular flexibility index (Phi) is 2.24. The SMILES string of the molecule is Nc1cc(O)ccc1/C=C1/NC(=O)NC1=O. The van der Waals surface area contributed by atoms with Crippen LogP contribution >= 0.6 is 0 Å². The smallest absolute Gasteiger partial charge is 0.326 e. The Bertz CT molecular complexity index is 508. The van der Waals surface area contributed by atoms with Crippen molar-refractivity contribution < 1.29 is 14.7 Å². The largest absolute Gasteiger partial charge is 0.508 e. The van der Waals surface area contributed by atoms with E-state index < -0.39 is 11.9 Å². The Morgan fingerprint density at radius 3 is 2.56 bits per heavy atom. The second kappa shape index (κ2) is 3.58. The lowest BCUT2D eigenvalue weighted by atomic mass is 10.1. The molecule has 0 spiro atoms. The maximum Gasteiger partial charge on any atom is 0.326 e. The van der Waals surface area contributed by atoms with E-state index in [2.05, 4.69) is 10.6 Å². The molecule has 1 fully saturated rings. The van der Waals surface area contributed by atoms with Crippen molar-refractivity contribution in [3.8, 4) is 5.75 Å². The first kappa shape index (κ1) is 10.0. The molecule has 6 heteroatoms. The highest BCUT2D eigenvalue weighted by molar-refractivity contribution is 6.14. The summed E-state index contributed by atoms with van der Waals surface area (Å²) in [6, 6.07) is 3.79. The van der Waals surface area contributed by atoms with E-state index in [0.717, 1.165) is 0 Å². The quantitative estimate of drug-likeness (QED) is 0.306. The van der Waals surface area contributed by atoms with E-state index in [1.807, 2.05) is 0 Å². The Labute approximate surface area is 90.8 Å². The molecule has 1 aliphatic rings. The molecule has 0 bridgehead atoms. The van der Waals surface area contributed by atoms with E-state index in [0.29, 0.717) is 11.3 Å². The summed E-state index contributed by atoms with van der Waals surface area (Å²) in [5.41, 5.74) is 6.63. The number of hydrogen-bond acceptors (Lipinski definition) is 4.